The van der Waals surface area contributed by atoms with E-state index in [0.717, 1.165) is 0 Å². The number of urea groups is 1. The van der Waals surface area contributed by atoms with Gasteiger partial charge in [-0.15, -0.1) is 0 Å². The molecule has 0 saturated carbocycles. The summed E-state index contributed by atoms with van der Waals surface area (Å²) >= 11 is 0. The Morgan fingerprint density at radius 3 is 2.37 bits per heavy atom. The number of aromatic nitrogens is 1. The number of aliphatic carboxylic acids is 1. The van der Waals surface area contributed by atoms with E-state index in [2.05, 4.69) is 15.6 Å². The molecule has 0 radical (unpaired) electrons. The third-order valence-electron chi connectivity index (χ3n) is 2.58. The maximum absolute atomic E-state index is 11.7. The van der Waals surface area contributed by atoms with Crippen LogP contribution in [-0.2, 0) is 4.79 Å². The maximum Gasteiger partial charge on any atom is 0.326 e. The summed E-state index contributed by atoms with van der Waals surface area (Å²) in [5.74, 6) is -0.244. The molecule has 106 valence electrons. The van der Waals surface area contributed by atoms with E-state index in [1.165, 1.54) is 0 Å². The first kappa shape index (κ1) is 15.0. The van der Waals surface area contributed by atoms with Crippen molar-refractivity contribution in [3.63, 3.8) is 0 Å². The smallest absolute Gasteiger partial charge is 0.326 e. The monoisotopic (exact) mass is 269 g/mol. The topological polar surface area (TPSA) is 104 Å². The number of amides is 2. The van der Waals surface area contributed by atoms with Crippen LogP contribution in [0.25, 0.3) is 0 Å². The van der Waals surface area contributed by atoms with Crippen molar-refractivity contribution in [3.05, 3.63) is 17.8 Å². The normalized spacial score (nSPS) is 13.9. The van der Waals surface area contributed by atoms with Gasteiger partial charge in [0.05, 0.1) is 6.20 Å². The first-order chi connectivity index (χ1) is 8.81. The molecule has 1 aromatic heterocycles. The van der Waals surface area contributed by atoms with Crippen molar-refractivity contribution < 1.29 is 19.1 Å². The predicted molar refractivity (Wildman–Crippen MR) is 67.6 cm³/mol. The summed E-state index contributed by atoms with van der Waals surface area (Å²) in [5, 5.41) is 14.0. The largest absolute Gasteiger partial charge is 0.480 e. The standard InChI is InChI=1S/C12H19N3O4/c1-6(2)9(11(16)17)15-12(18)14-8(4)10-13-5-7(3)19-10/h5-6,8-9H,1-4H3,(H,16,17)(H2,14,15,18). The van der Waals surface area contributed by atoms with Crippen LogP contribution < -0.4 is 10.6 Å². The molecular weight excluding hydrogens is 250 g/mol. The molecule has 0 spiro atoms. The van der Waals surface area contributed by atoms with E-state index in [1.807, 2.05) is 0 Å². The molecule has 7 nitrogen and oxygen atoms in total. The van der Waals surface area contributed by atoms with E-state index in [9.17, 15) is 9.59 Å². The number of nitrogens with one attached hydrogen (secondary N) is 2. The lowest BCUT2D eigenvalue weighted by atomic mass is 10.1. The summed E-state index contributed by atoms with van der Waals surface area (Å²) < 4.78 is 5.28. The maximum atomic E-state index is 11.7. The van der Waals surface area contributed by atoms with E-state index < -0.39 is 24.1 Å². The van der Waals surface area contributed by atoms with E-state index in [0.29, 0.717) is 11.7 Å². The number of hydrogen-bond donors (Lipinski definition) is 3. The van der Waals surface area contributed by atoms with Crippen LogP contribution in [0.5, 0.6) is 0 Å². The molecule has 1 aromatic rings. The summed E-state index contributed by atoms with van der Waals surface area (Å²) in [6.45, 7) is 6.90. The molecule has 19 heavy (non-hydrogen) atoms. The molecule has 7 heteroatoms. The molecular formula is C12H19N3O4. The number of oxazole rings is 1. The van der Waals surface area contributed by atoms with Crippen molar-refractivity contribution in [2.24, 2.45) is 5.92 Å². The number of hydrogen-bond acceptors (Lipinski definition) is 4. The molecule has 0 aliphatic heterocycles. The molecule has 0 fully saturated rings. The van der Waals surface area contributed by atoms with E-state index in [1.54, 1.807) is 33.9 Å². The lowest BCUT2D eigenvalue weighted by Gasteiger charge is -2.19. The van der Waals surface area contributed by atoms with Gasteiger partial charge in [0, 0.05) is 0 Å². The lowest BCUT2D eigenvalue weighted by Crippen LogP contribution is -2.49. The SMILES string of the molecule is Cc1cnc(C(C)NC(=O)NC(C(=O)O)C(C)C)o1. The average Bonchev–Trinajstić information content (AvgIpc) is 2.72. The fraction of sp³-hybridized carbons (Fsp3) is 0.583. The summed E-state index contributed by atoms with van der Waals surface area (Å²) in [7, 11) is 0. The second-order valence-corrected chi connectivity index (χ2v) is 4.71. The van der Waals surface area contributed by atoms with Crippen molar-refractivity contribution in [1.29, 1.82) is 0 Å². The highest BCUT2D eigenvalue weighted by Crippen LogP contribution is 2.11. The van der Waals surface area contributed by atoms with E-state index in [4.69, 9.17) is 9.52 Å². The Hall–Kier alpha value is -2.05. The Balaban J connectivity index is 2.57. The van der Waals surface area contributed by atoms with Gasteiger partial charge < -0.3 is 20.2 Å². The molecule has 3 N–H and O–H groups in total. The molecule has 0 aliphatic carbocycles. The Morgan fingerprint density at radius 2 is 1.95 bits per heavy atom. The molecule has 2 atom stereocenters. The molecule has 1 rings (SSSR count). The van der Waals surface area contributed by atoms with Crippen molar-refractivity contribution in [2.45, 2.75) is 39.8 Å². The number of carbonyl (C=O) groups is 2. The van der Waals surface area contributed by atoms with Gasteiger partial charge in [-0.1, -0.05) is 13.8 Å². The van der Waals surface area contributed by atoms with Crippen LogP contribution in [0.1, 0.15) is 38.5 Å². The van der Waals surface area contributed by atoms with Crippen LogP contribution in [0.15, 0.2) is 10.6 Å². The predicted octanol–water partition coefficient (Wildman–Crippen LogP) is 1.45. The highest BCUT2D eigenvalue weighted by molar-refractivity contribution is 5.82. The third-order valence-corrected chi connectivity index (χ3v) is 2.58. The van der Waals surface area contributed by atoms with Crippen LogP contribution in [-0.4, -0.2) is 28.1 Å². The average molecular weight is 269 g/mol. The van der Waals surface area contributed by atoms with Gasteiger partial charge in [-0.3, -0.25) is 0 Å². The Morgan fingerprint density at radius 1 is 1.32 bits per heavy atom. The van der Waals surface area contributed by atoms with Gasteiger partial charge in [0.1, 0.15) is 17.8 Å². The number of carboxylic acids is 1. The molecule has 0 aliphatic rings. The molecule has 0 saturated heterocycles. The molecule has 0 bridgehead atoms. The molecule has 2 amide bonds. The summed E-state index contributed by atoms with van der Waals surface area (Å²) in [6.07, 6.45) is 1.56. The minimum absolute atomic E-state index is 0.206. The Labute approximate surface area is 111 Å². The minimum Gasteiger partial charge on any atom is -0.480 e. The number of nitrogens with zero attached hydrogens (tertiary/aromatic N) is 1. The summed E-state index contributed by atoms with van der Waals surface area (Å²) in [6, 6.07) is -1.93. The van der Waals surface area contributed by atoms with Gasteiger partial charge in [-0.05, 0) is 19.8 Å². The van der Waals surface area contributed by atoms with Crippen molar-refractivity contribution >= 4 is 12.0 Å². The van der Waals surface area contributed by atoms with Crippen molar-refractivity contribution in [3.8, 4) is 0 Å². The minimum atomic E-state index is -1.07. The Kier molecular flexibility index (Phi) is 4.91. The van der Waals surface area contributed by atoms with Crippen LogP contribution in [0.2, 0.25) is 0 Å². The van der Waals surface area contributed by atoms with Gasteiger partial charge in [-0.25, -0.2) is 14.6 Å². The van der Waals surface area contributed by atoms with Gasteiger partial charge in [0.2, 0.25) is 5.89 Å². The number of aryl methyl sites for hydroxylation is 1. The van der Waals surface area contributed by atoms with Crippen molar-refractivity contribution in [1.82, 2.24) is 15.6 Å². The van der Waals surface area contributed by atoms with Gasteiger partial charge in [0.25, 0.3) is 0 Å². The zero-order valence-corrected chi connectivity index (χ0v) is 11.4. The fourth-order valence-corrected chi connectivity index (χ4v) is 1.53. The lowest BCUT2D eigenvalue weighted by molar-refractivity contribution is -0.140. The van der Waals surface area contributed by atoms with Crippen molar-refractivity contribution in [2.75, 3.05) is 0 Å². The number of rotatable bonds is 5. The van der Waals surface area contributed by atoms with Crippen LogP contribution in [0.4, 0.5) is 4.79 Å². The molecule has 2 unspecified atom stereocenters. The molecule has 1 heterocycles. The van der Waals surface area contributed by atoms with Gasteiger partial charge in [0.15, 0.2) is 0 Å². The number of carbonyl (C=O) groups excluding carboxylic acids is 1. The van der Waals surface area contributed by atoms with Gasteiger partial charge >= 0.3 is 12.0 Å². The van der Waals surface area contributed by atoms with Gasteiger partial charge in [-0.2, -0.15) is 0 Å². The van der Waals surface area contributed by atoms with E-state index >= 15 is 0 Å². The zero-order chi connectivity index (χ0) is 14.6. The first-order valence-corrected chi connectivity index (χ1v) is 6.03. The highest BCUT2D eigenvalue weighted by Gasteiger charge is 2.24. The number of carboxylic acid groups (broad SMARTS) is 1. The second-order valence-electron chi connectivity index (χ2n) is 4.71. The van der Waals surface area contributed by atoms with Crippen LogP contribution in [0, 0.1) is 12.8 Å². The molecule has 0 aromatic carbocycles. The highest BCUT2D eigenvalue weighted by atomic mass is 16.4. The third kappa shape index (κ3) is 4.27. The van der Waals surface area contributed by atoms with Crippen LogP contribution in [0.3, 0.4) is 0 Å². The summed E-state index contributed by atoms with van der Waals surface area (Å²) in [5.41, 5.74) is 0. The van der Waals surface area contributed by atoms with Crippen LogP contribution >= 0.6 is 0 Å². The zero-order valence-electron chi connectivity index (χ0n) is 11.4. The fourth-order valence-electron chi connectivity index (χ4n) is 1.53. The summed E-state index contributed by atoms with van der Waals surface area (Å²) in [4.78, 5) is 26.7. The quantitative estimate of drug-likeness (QED) is 0.750. The second kappa shape index (κ2) is 6.21. The van der Waals surface area contributed by atoms with E-state index in [-0.39, 0.29) is 5.92 Å². The Bertz CT molecular complexity index is 456. The first-order valence-electron chi connectivity index (χ1n) is 6.03.